The van der Waals surface area contributed by atoms with E-state index in [1.165, 1.54) is 14.0 Å². The van der Waals surface area contributed by atoms with Crippen LogP contribution in [0.5, 0.6) is 0 Å². The lowest BCUT2D eigenvalue weighted by molar-refractivity contribution is -0.145. The minimum atomic E-state index is -4.51. The lowest BCUT2D eigenvalue weighted by Gasteiger charge is -2.33. The fraction of sp³-hybridized carbons (Fsp3) is 0.625. The second-order valence-electron chi connectivity index (χ2n) is 6.18. The summed E-state index contributed by atoms with van der Waals surface area (Å²) in [5, 5.41) is 2.57. The van der Waals surface area contributed by atoms with E-state index in [4.69, 9.17) is 4.74 Å². The molecule has 1 aromatic heterocycles. The standard InChI is InChI=1S/C16H21F3N4O3/c1-10(24)21-12(14(25)26-2)9-11-4-7-23(8-5-11)15-20-6-3-13(22-15)16(17,18)19/h3,6,11-12H,4-5,7-9H2,1-2H3,(H,21,24). The van der Waals surface area contributed by atoms with Crippen LogP contribution in [0.1, 0.15) is 31.9 Å². The van der Waals surface area contributed by atoms with Crippen LogP contribution < -0.4 is 10.2 Å². The van der Waals surface area contributed by atoms with Crippen molar-refractivity contribution in [2.45, 2.75) is 38.4 Å². The number of piperidine rings is 1. The number of rotatable bonds is 5. The average Bonchev–Trinajstić information content (AvgIpc) is 2.60. The van der Waals surface area contributed by atoms with Crippen LogP contribution in [0.3, 0.4) is 0 Å². The van der Waals surface area contributed by atoms with Crippen LogP contribution >= 0.6 is 0 Å². The van der Waals surface area contributed by atoms with Crippen LogP contribution in [0.4, 0.5) is 19.1 Å². The third-order valence-electron chi connectivity index (χ3n) is 4.26. The number of nitrogens with zero attached hydrogens (tertiary/aromatic N) is 3. The normalized spacial score (nSPS) is 16.9. The molecule has 2 heterocycles. The third-order valence-corrected chi connectivity index (χ3v) is 4.26. The Hall–Kier alpha value is -2.39. The van der Waals surface area contributed by atoms with Gasteiger partial charge in [0.05, 0.1) is 7.11 Å². The highest BCUT2D eigenvalue weighted by Crippen LogP contribution is 2.29. The zero-order valence-corrected chi connectivity index (χ0v) is 14.5. The number of methoxy groups -OCH3 is 1. The Kier molecular flexibility index (Phi) is 6.38. The molecule has 0 bridgehead atoms. The zero-order chi connectivity index (χ0) is 19.3. The number of aromatic nitrogens is 2. The Morgan fingerprint density at radius 3 is 2.58 bits per heavy atom. The third kappa shape index (κ3) is 5.30. The van der Waals surface area contributed by atoms with E-state index in [2.05, 4.69) is 15.3 Å². The van der Waals surface area contributed by atoms with E-state index >= 15 is 0 Å². The van der Waals surface area contributed by atoms with Gasteiger partial charge >= 0.3 is 12.1 Å². The second-order valence-corrected chi connectivity index (χ2v) is 6.18. The second kappa shape index (κ2) is 8.33. The molecule has 144 valence electrons. The van der Waals surface area contributed by atoms with Crippen molar-refractivity contribution in [2.75, 3.05) is 25.1 Å². The minimum absolute atomic E-state index is 0.0460. The van der Waals surface area contributed by atoms with Gasteiger partial charge in [-0.05, 0) is 31.2 Å². The maximum Gasteiger partial charge on any atom is 0.433 e. The van der Waals surface area contributed by atoms with Gasteiger partial charge in [0.1, 0.15) is 11.7 Å². The Bertz CT molecular complexity index is 646. The molecule has 1 aliphatic heterocycles. The summed E-state index contributed by atoms with van der Waals surface area (Å²) in [7, 11) is 1.25. The number of alkyl halides is 3. The van der Waals surface area contributed by atoms with E-state index in [0.29, 0.717) is 32.4 Å². The van der Waals surface area contributed by atoms with Crippen molar-refractivity contribution >= 4 is 17.8 Å². The molecule has 0 aliphatic carbocycles. The van der Waals surface area contributed by atoms with Gasteiger partial charge in [-0.25, -0.2) is 14.8 Å². The highest BCUT2D eigenvalue weighted by molar-refractivity contribution is 5.83. The first kappa shape index (κ1) is 19.9. The fourth-order valence-corrected chi connectivity index (χ4v) is 2.96. The number of nitrogens with one attached hydrogen (secondary N) is 1. The van der Waals surface area contributed by atoms with Gasteiger partial charge in [0, 0.05) is 26.2 Å². The van der Waals surface area contributed by atoms with E-state index in [1.54, 1.807) is 4.90 Å². The Labute approximate surface area is 148 Å². The molecule has 1 amide bonds. The SMILES string of the molecule is COC(=O)C(CC1CCN(c2nccc(C(F)(F)F)n2)CC1)NC(C)=O. The maximum absolute atomic E-state index is 12.8. The summed E-state index contributed by atoms with van der Waals surface area (Å²) in [6.07, 6.45) is -1.70. The Morgan fingerprint density at radius 2 is 2.04 bits per heavy atom. The summed E-state index contributed by atoms with van der Waals surface area (Å²) < 4.78 is 43.0. The van der Waals surface area contributed by atoms with Crippen LogP contribution in [-0.2, 0) is 20.5 Å². The van der Waals surface area contributed by atoms with Crippen molar-refractivity contribution in [3.63, 3.8) is 0 Å². The number of halogens is 3. The van der Waals surface area contributed by atoms with Gasteiger partial charge < -0.3 is 15.0 Å². The number of carbonyl (C=O) groups excluding carboxylic acids is 2. The molecule has 2 rings (SSSR count). The number of carbonyl (C=O) groups is 2. The minimum Gasteiger partial charge on any atom is -0.467 e. The molecule has 1 saturated heterocycles. The van der Waals surface area contributed by atoms with Crippen molar-refractivity contribution < 1.29 is 27.5 Å². The molecular formula is C16H21F3N4O3. The highest BCUT2D eigenvalue weighted by atomic mass is 19.4. The van der Waals surface area contributed by atoms with Gasteiger partial charge in [-0.1, -0.05) is 0 Å². The van der Waals surface area contributed by atoms with Crippen LogP contribution in [0.2, 0.25) is 0 Å². The van der Waals surface area contributed by atoms with Crippen LogP contribution in [0.15, 0.2) is 12.3 Å². The van der Waals surface area contributed by atoms with Crippen molar-refractivity contribution in [1.82, 2.24) is 15.3 Å². The molecule has 26 heavy (non-hydrogen) atoms. The predicted octanol–water partition coefficient (Wildman–Crippen LogP) is 1.78. The summed E-state index contributed by atoms with van der Waals surface area (Å²) in [6.45, 7) is 2.27. The molecule has 1 aliphatic rings. The molecular weight excluding hydrogens is 353 g/mol. The zero-order valence-electron chi connectivity index (χ0n) is 14.5. The molecule has 1 fully saturated rings. The first-order valence-corrected chi connectivity index (χ1v) is 8.21. The molecule has 0 spiro atoms. The highest BCUT2D eigenvalue weighted by Gasteiger charge is 2.34. The first-order valence-electron chi connectivity index (χ1n) is 8.21. The number of amides is 1. The summed E-state index contributed by atoms with van der Waals surface area (Å²) >= 11 is 0. The molecule has 7 nitrogen and oxygen atoms in total. The predicted molar refractivity (Wildman–Crippen MR) is 86.2 cm³/mol. The van der Waals surface area contributed by atoms with E-state index in [1.807, 2.05) is 0 Å². The topological polar surface area (TPSA) is 84.4 Å². The van der Waals surface area contributed by atoms with Gasteiger partial charge in [0.25, 0.3) is 0 Å². The molecule has 1 aromatic rings. The van der Waals surface area contributed by atoms with Crippen LogP contribution in [0, 0.1) is 5.92 Å². The number of anilines is 1. The number of hydrogen-bond donors (Lipinski definition) is 1. The molecule has 1 atom stereocenters. The van der Waals surface area contributed by atoms with E-state index in [0.717, 1.165) is 12.3 Å². The lowest BCUT2D eigenvalue weighted by Crippen LogP contribution is -2.43. The molecule has 1 unspecified atom stereocenters. The van der Waals surface area contributed by atoms with Crippen molar-refractivity contribution in [1.29, 1.82) is 0 Å². The largest absolute Gasteiger partial charge is 0.467 e. The number of ether oxygens (including phenoxy) is 1. The lowest BCUT2D eigenvalue weighted by atomic mass is 9.90. The molecule has 1 N–H and O–H groups in total. The van der Waals surface area contributed by atoms with Gasteiger partial charge in [-0.15, -0.1) is 0 Å². The van der Waals surface area contributed by atoms with E-state index in [9.17, 15) is 22.8 Å². The van der Waals surface area contributed by atoms with Gasteiger partial charge in [0.15, 0.2) is 0 Å². The number of esters is 1. The van der Waals surface area contributed by atoms with Crippen molar-refractivity contribution in [2.24, 2.45) is 5.92 Å². The molecule has 0 aromatic carbocycles. The monoisotopic (exact) mass is 374 g/mol. The van der Waals surface area contributed by atoms with Crippen LogP contribution in [0.25, 0.3) is 0 Å². The number of hydrogen-bond acceptors (Lipinski definition) is 6. The van der Waals surface area contributed by atoms with Gasteiger partial charge in [0.2, 0.25) is 11.9 Å². The summed E-state index contributed by atoms with van der Waals surface area (Å²) in [4.78, 5) is 32.2. The van der Waals surface area contributed by atoms with E-state index < -0.39 is 23.9 Å². The van der Waals surface area contributed by atoms with Crippen molar-refractivity contribution in [3.05, 3.63) is 18.0 Å². The van der Waals surface area contributed by atoms with E-state index in [-0.39, 0.29) is 17.8 Å². The van der Waals surface area contributed by atoms with Gasteiger partial charge in [-0.2, -0.15) is 13.2 Å². The molecule has 0 radical (unpaired) electrons. The molecule has 0 saturated carbocycles. The first-order chi connectivity index (χ1) is 12.2. The van der Waals surface area contributed by atoms with Crippen molar-refractivity contribution in [3.8, 4) is 0 Å². The smallest absolute Gasteiger partial charge is 0.433 e. The molecule has 10 heteroatoms. The summed E-state index contributed by atoms with van der Waals surface area (Å²) in [6, 6.07) is 0.115. The summed E-state index contributed by atoms with van der Waals surface area (Å²) in [5.41, 5.74) is -0.971. The Balaban J connectivity index is 1.96. The van der Waals surface area contributed by atoms with Crippen LogP contribution in [-0.4, -0.2) is 48.1 Å². The van der Waals surface area contributed by atoms with Gasteiger partial charge in [-0.3, -0.25) is 4.79 Å². The maximum atomic E-state index is 12.8. The Morgan fingerprint density at radius 1 is 1.38 bits per heavy atom. The fourth-order valence-electron chi connectivity index (χ4n) is 2.96. The average molecular weight is 374 g/mol. The quantitative estimate of drug-likeness (QED) is 0.791. The summed E-state index contributed by atoms with van der Waals surface area (Å²) in [5.74, 6) is -0.656.